The first kappa shape index (κ1) is 13.3. The molecule has 16 heavy (non-hydrogen) atoms. The number of carbonyl (C=O) groups is 1. The molecule has 2 N–H and O–H groups in total. The monoisotopic (exact) mass is 229 g/mol. The fraction of sp³-hybridized carbons (Fsp3) is 0.909. The highest BCUT2D eigenvalue weighted by molar-refractivity contribution is 5.69. The van der Waals surface area contributed by atoms with Crippen LogP contribution in [-0.4, -0.2) is 61.8 Å². The number of rotatable bonds is 7. The molecule has 0 spiro atoms. The summed E-state index contributed by atoms with van der Waals surface area (Å²) in [5, 5.41) is 0. The Morgan fingerprint density at radius 2 is 2.38 bits per heavy atom. The summed E-state index contributed by atoms with van der Waals surface area (Å²) in [5.41, 5.74) is 5.42. The molecular weight excluding hydrogens is 206 g/mol. The molecule has 1 amide bonds. The second kappa shape index (κ2) is 6.70. The van der Waals surface area contributed by atoms with Crippen molar-refractivity contribution >= 4 is 6.09 Å². The lowest BCUT2D eigenvalue weighted by Crippen LogP contribution is -2.33. The van der Waals surface area contributed by atoms with E-state index in [1.807, 2.05) is 0 Å². The van der Waals surface area contributed by atoms with Gasteiger partial charge < -0.3 is 20.3 Å². The van der Waals surface area contributed by atoms with Crippen molar-refractivity contribution < 1.29 is 9.53 Å². The molecule has 1 aliphatic heterocycles. The minimum atomic E-state index is -0.191. The van der Waals surface area contributed by atoms with Gasteiger partial charge in [0.15, 0.2) is 0 Å². The predicted octanol–water partition coefficient (Wildman–Crippen LogP) is 0.498. The van der Waals surface area contributed by atoms with Crippen molar-refractivity contribution in [1.29, 1.82) is 0 Å². The highest BCUT2D eigenvalue weighted by atomic mass is 16.6. The molecule has 0 aromatic carbocycles. The third-order valence-corrected chi connectivity index (χ3v) is 2.70. The van der Waals surface area contributed by atoms with Crippen molar-refractivity contribution in [2.45, 2.75) is 25.9 Å². The van der Waals surface area contributed by atoms with E-state index >= 15 is 0 Å². The fourth-order valence-corrected chi connectivity index (χ4v) is 1.96. The number of carbonyl (C=O) groups excluding carboxylic acids is 1. The molecule has 0 aromatic rings. The van der Waals surface area contributed by atoms with Crippen molar-refractivity contribution in [3.05, 3.63) is 0 Å². The Morgan fingerprint density at radius 3 is 3.00 bits per heavy atom. The molecule has 1 heterocycles. The summed E-state index contributed by atoms with van der Waals surface area (Å²) < 4.78 is 5.29. The first-order chi connectivity index (χ1) is 7.67. The zero-order valence-electron chi connectivity index (χ0n) is 10.3. The molecule has 1 rings (SSSR count). The number of nitrogens with zero attached hydrogens (tertiary/aromatic N) is 2. The molecule has 0 aliphatic carbocycles. The Balaban J connectivity index is 2.29. The zero-order valence-corrected chi connectivity index (χ0v) is 10.3. The van der Waals surface area contributed by atoms with Gasteiger partial charge in [-0.1, -0.05) is 6.92 Å². The number of hydrogen-bond donors (Lipinski definition) is 1. The van der Waals surface area contributed by atoms with Gasteiger partial charge in [0.1, 0.15) is 6.10 Å². The quantitative estimate of drug-likeness (QED) is 0.690. The molecular formula is C11H23N3O2. The van der Waals surface area contributed by atoms with Gasteiger partial charge in [0, 0.05) is 13.1 Å². The minimum absolute atomic E-state index is 0.0156. The summed E-state index contributed by atoms with van der Waals surface area (Å²) >= 11 is 0. The Kier molecular flexibility index (Phi) is 5.55. The molecule has 1 saturated heterocycles. The van der Waals surface area contributed by atoms with Crippen LogP contribution in [0.3, 0.4) is 0 Å². The summed E-state index contributed by atoms with van der Waals surface area (Å²) in [6.45, 7) is 6.03. The average molecular weight is 229 g/mol. The standard InChI is InChI=1S/C11H23N3O2/c1-3-6-13(2)8-10-9-14(7-4-5-12)11(15)16-10/h10H,3-9,12H2,1-2H3. The van der Waals surface area contributed by atoms with E-state index in [1.165, 1.54) is 0 Å². The summed E-state index contributed by atoms with van der Waals surface area (Å²) in [5.74, 6) is 0. The van der Waals surface area contributed by atoms with E-state index in [9.17, 15) is 4.79 Å². The lowest BCUT2D eigenvalue weighted by Gasteiger charge is -2.18. The van der Waals surface area contributed by atoms with E-state index in [0.717, 1.165) is 25.9 Å². The molecule has 94 valence electrons. The Morgan fingerprint density at radius 1 is 1.62 bits per heavy atom. The highest BCUT2D eigenvalue weighted by Crippen LogP contribution is 2.12. The van der Waals surface area contributed by atoms with Crippen LogP contribution in [0.5, 0.6) is 0 Å². The number of cyclic esters (lactones) is 1. The fourth-order valence-electron chi connectivity index (χ4n) is 1.96. The van der Waals surface area contributed by atoms with Gasteiger partial charge in [0.25, 0.3) is 0 Å². The molecule has 0 bridgehead atoms. The predicted molar refractivity (Wildman–Crippen MR) is 63.3 cm³/mol. The van der Waals surface area contributed by atoms with Gasteiger partial charge in [0.2, 0.25) is 0 Å². The molecule has 1 aliphatic rings. The third kappa shape index (κ3) is 3.98. The molecule has 5 nitrogen and oxygen atoms in total. The summed E-state index contributed by atoms with van der Waals surface area (Å²) in [4.78, 5) is 15.4. The van der Waals surface area contributed by atoms with Crippen LogP contribution in [-0.2, 0) is 4.74 Å². The third-order valence-electron chi connectivity index (χ3n) is 2.70. The molecule has 1 fully saturated rings. The number of amides is 1. The zero-order chi connectivity index (χ0) is 12.0. The maximum absolute atomic E-state index is 11.5. The summed E-state index contributed by atoms with van der Waals surface area (Å²) in [7, 11) is 2.06. The first-order valence-electron chi connectivity index (χ1n) is 6.01. The van der Waals surface area contributed by atoms with Crippen molar-refractivity contribution in [3.8, 4) is 0 Å². The van der Waals surface area contributed by atoms with E-state index in [1.54, 1.807) is 4.90 Å². The van der Waals surface area contributed by atoms with Gasteiger partial charge in [-0.25, -0.2) is 4.79 Å². The molecule has 5 heteroatoms. The van der Waals surface area contributed by atoms with Crippen molar-refractivity contribution in [2.24, 2.45) is 5.73 Å². The smallest absolute Gasteiger partial charge is 0.410 e. The number of ether oxygens (including phenoxy) is 1. The second-order valence-electron chi connectivity index (χ2n) is 4.36. The lowest BCUT2D eigenvalue weighted by molar-refractivity contribution is 0.113. The van der Waals surface area contributed by atoms with Crippen LogP contribution in [0, 0.1) is 0 Å². The van der Waals surface area contributed by atoms with Crippen LogP contribution < -0.4 is 5.73 Å². The van der Waals surface area contributed by atoms with Gasteiger partial charge >= 0.3 is 6.09 Å². The van der Waals surface area contributed by atoms with Crippen LogP contribution in [0.25, 0.3) is 0 Å². The summed E-state index contributed by atoms with van der Waals surface area (Å²) in [6.07, 6.45) is 1.78. The van der Waals surface area contributed by atoms with Crippen molar-refractivity contribution in [2.75, 3.05) is 39.8 Å². The maximum atomic E-state index is 11.5. The van der Waals surface area contributed by atoms with Crippen LogP contribution in [0.2, 0.25) is 0 Å². The maximum Gasteiger partial charge on any atom is 0.410 e. The van der Waals surface area contributed by atoms with E-state index in [2.05, 4.69) is 18.9 Å². The van der Waals surface area contributed by atoms with Gasteiger partial charge in [0.05, 0.1) is 6.54 Å². The Labute approximate surface area is 97.5 Å². The average Bonchev–Trinajstić information content (AvgIpc) is 2.56. The molecule has 0 saturated carbocycles. The normalized spacial score (nSPS) is 20.6. The lowest BCUT2D eigenvalue weighted by atomic mass is 10.3. The second-order valence-corrected chi connectivity index (χ2v) is 4.36. The van der Waals surface area contributed by atoms with E-state index in [-0.39, 0.29) is 12.2 Å². The first-order valence-corrected chi connectivity index (χ1v) is 6.01. The van der Waals surface area contributed by atoms with Gasteiger partial charge in [-0.3, -0.25) is 0 Å². The topological polar surface area (TPSA) is 58.8 Å². The van der Waals surface area contributed by atoms with Gasteiger partial charge in [-0.2, -0.15) is 0 Å². The minimum Gasteiger partial charge on any atom is -0.443 e. The number of hydrogen-bond acceptors (Lipinski definition) is 4. The van der Waals surface area contributed by atoms with E-state index in [4.69, 9.17) is 10.5 Å². The van der Waals surface area contributed by atoms with E-state index in [0.29, 0.717) is 19.6 Å². The van der Waals surface area contributed by atoms with E-state index < -0.39 is 0 Å². The van der Waals surface area contributed by atoms with Crippen LogP contribution in [0.15, 0.2) is 0 Å². The highest BCUT2D eigenvalue weighted by Gasteiger charge is 2.30. The largest absolute Gasteiger partial charge is 0.443 e. The molecule has 0 radical (unpaired) electrons. The van der Waals surface area contributed by atoms with Gasteiger partial charge in [-0.15, -0.1) is 0 Å². The van der Waals surface area contributed by atoms with Gasteiger partial charge in [-0.05, 0) is 33.0 Å². The van der Waals surface area contributed by atoms with Crippen molar-refractivity contribution in [1.82, 2.24) is 9.80 Å². The van der Waals surface area contributed by atoms with Crippen LogP contribution >= 0.6 is 0 Å². The number of likely N-dealkylation sites (N-methyl/N-ethyl adjacent to an activating group) is 1. The molecule has 1 unspecified atom stereocenters. The number of nitrogens with two attached hydrogens (primary N) is 1. The SMILES string of the molecule is CCCN(C)CC1CN(CCCN)C(=O)O1. The Hall–Kier alpha value is -0.810. The van der Waals surface area contributed by atoms with Crippen LogP contribution in [0.1, 0.15) is 19.8 Å². The van der Waals surface area contributed by atoms with Crippen molar-refractivity contribution in [3.63, 3.8) is 0 Å². The molecule has 0 aromatic heterocycles. The summed E-state index contributed by atoms with van der Waals surface area (Å²) in [6, 6.07) is 0. The Bertz CT molecular complexity index is 223. The molecule has 1 atom stereocenters. The van der Waals surface area contributed by atoms with Crippen LogP contribution in [0.4, 0.5) is 4.79 Å².